The molecule has 0 unspecified atom stereocenters. The van der Waals surface area contributed by atoms with Crippen LogP contribution in [0.2, 0.25) is 5.02 Å². The van der Waals surface area contributed by atoms with E-state index < -0.39 is 15.9 Å². The van der Waals surface area contributed by atoms with Gasteiger partial charge in [-0.25, -0.2) is 8.42 Å². The summed E-state index contributed by atoms with van der Waals surface area (Å²) in [6, 6.07) is 19.5. The zero-order valence-electron chi connectivity index (χ0n) is 18.0. The van der Waals surface area contributed by atoms with Gasteiger partial charge in [-0.2, -0.15) is 5.26 Å². The van der Waals surface area contributed by atoms with Gasteiger partial charge in [-0.3, -0.25) is 9.52 Å². The highest BCUT2D eigenvalue weighted by Gasteiger charge is 2.25. The number of rotatable bonds is 6. The summed E-state index contributed by atoms with van der Waals surface area (Å²) < 4.78 is 34.8. The Balaban J connectivity index is 1.70. The molecule has 2 N–H and O–H groups in total. The molecule has 1 amide bonds. The van der Waals surface area contributed by atoms with E-state index in [0.29, 0.717) is 43.2 Å². The number of carbonyl (C=O) groups excluding carboxylic acids is 1. The molecule has 1 heterocycles. The zero-order valence-corrected chi connectivity index (χ0v) is 19.6. The van der Waals surface area contributed by atoms with Gasteiger partial charge in [0.25, 0.3) is 15.9 Å². The Morgan fingerprint density at radius 3 is 2.53 bits per heavy atom. The Kier molecular flexibility index (Phi) is 7.03. The number of benzene rings is 3. The lowest BCUT2D eigenvalue weighted by molar-refractivity contribution is 0.102. The number of hydrogen-bond donors (Lipinski definition) is 2. The maximum Gasteiger partial charge on any atom is 0.264 e. The van der Waals surface area contributed by atoms with Gasteiger partial charge in [0.15, 0.2) is 0 Å². The summed E-state index contributed by atoms with van der Waals surface area (Å²) in [7, 11) is -4.06. The number of hydrogen-bond acceptors (Lipinski definition) is 6. The minimum Gasteiger partial charge on any atom is -0.378 e. The average molecular weight is 497 g/mol. The Labute approximate surface area is 202 Å². The molecule has 1 aliphatic heterocycles. The van der Waals surface area contributed by atoms with Gasteiger partial charge in [-0.05, 0) is 48.5 Å². The summed E-state index contributed by atoms with van der Waals surface area (Å²) >= 11 is 6.17. The van der Waals surface area contributed by atoms with Crippen LogP contribution in [0.15, 0.2) is 71.6 Å². The highest BCUT2D eigenvalue weighted by Crippen LogP contribution is 2.32. The number of sulfonamides is 1. The molecule has 4 rings (SSSR count). The van der Waals surface area contributed by atoms with Crippen LogP contribution < -0.4 is 14.9 Å². The molecule has 1 fully saturated rings. The molecule has 0 aliphatic carbocycles. The summed E-state index contributed by atoms with van der Waals surface area (Å²) in [5.74, 6) is -0.460. The van der Waals surface area contributed by atoms with Gasteiger partial charge in [0.1, 0.15) is 4.90 Å². The third-order valence-corrected chi connectivity index (χ3v) is 6.96. The summed E-state index contributed by atoms with van der Waals surface area (Å²) in [6.07, 6.45) is 0. The van der Waals surface area contributed by atoms with Crippen molar-refractivity contribution in [1.82, 2.24) is 0 Å². The minimum atomic E-state index is -4.06. The van der Waals surface area contributed by atoms with Crippen LogP contribution in [0.25, 0.3) is 0 Å². The van der Waals surface area contributed by atoms with Crippen LogP contribution in [0.5, 0.6) is 0 Å². The second-order valence-electron chi connectivity index (χ2n) is 7.51. The predicted molar refractivity (Wildman–Crippen MR) is 131 cm³/mol. The summed E-state index contributed by atoms with van der Waals surface area (Å²) in [5, 5.41) is 12.1. The first kappa shape index (κ1) is 23.6. The molecule has 0 radical (unpaired) electrons. The summed E-state index contributed by atoms with van der Waals surface area (Å²) in [4.78, 5) is 14.7. The second kappa shape index (κ2) is 10.1. The van der Waals surface area contributed by atoms with Crippen molar-refractivity contribution in [3.63, 3.8) is 0 Å². The van der Waals surface area contributed by atoms with Gasteiger partial charge < -0.3 is 15.0 Å². The number of halogens is 1. The van der Waals surface area contributed by atoms with Crippen LogP contribution in [0, 0.1) is 11.3 Å². The van der Waals surface area contributed by atoms with Crippen LogP contribution in [0.3, 0.4) is 0 Å². The third kappa shape index (κ3) is 5.31. The largest absolute Gasteiger partial charge is 0.378 e. The molecule has 0 aromatic heterocycles. The predicted octanol–water partition coefficient (Wildman–Crippen LogP) is 4.10. The van der Waals surface area contributed by atoms with E-state index in [-0.39, 0.29) is 21.2 Å². The molecular weight excluding hydrogens is 476 g/mol. The number of carbonyl (C=O) groups is 1. The van der Waals surface area contributed by atoms with Gasteiger partial charge in [0.05, 0.1) is 41.2 Å². The Hall–Kier alpha value is -3.58. The van der Waals surface area contributed by atoms with Crippen LogP contribution in [0.4, 0.5) is 17.1 Å². The number of ether oxygens (including phenoxy) is 1. The maximum absolute atomic E-state index is 13.4. The van der Waals surface area contributed by atoms with Gasteiger partial charge in [0, 0.05) is 24.3 Å². The molecule has 0 spiro atoms. The first-order valence-corrected chi connectivity index (χ1v) is 12.3. The van der Waals surface area contributed by atoms with Crippen molar-refractivity contribution in [3.05, 3.63) is 82.9 Å². The Morgan fingerprint density at radius 2 is 1.79 bits per heavy atom. The summed E-state index contributed by atoms with van der Waals surface area (Å²) in [5.41, 5.74) is 1.67. The van der Waals surface area contributed by atoms with E-state index in [9.17, 15) is 13.2 Å². The lowest BCUT2D eigenvalue weighted by atomic mass is 10.1. The van der Waals surface area contributed by atoms with E-state index in [1.807, 2.05) is 11.0 Å². The van der Waals surface area contributed by atoms with Crippen molar-refractivity contribution in [3.8, 4) is 6.07 Å². The van der Waals surface area contributed by atoms with Crippen LogP contribution in [-0.4, -0.2) is 40.6 Å². The first-order valence-electron chi connectivity index (χ1n) is 10.4. The molecule has 0 bridgehead atoms. The molecule has 0 saturated carbocycles. The number of para-hydroxylation sites is 1. The van der Waals surface area contributed by atoms with Crippen molar-refractivity contribution >= 4 is 44.6 Å². The minimum absolute atomic E-state index is 0.00195. The third-order valence-electron chi connectivity index (χ3n) is 5.23. The normalized spacial score (nSPS) is 13.7. The molecule has 10 heteroatoms. The zero-order chi connectivity index (χ0) is 24.1. The topological polar surface area (TPSA) is 112 Å². The smallest absolute Gasteiger partial charge is 0.264 e. The van der Waals surface area contributed by atoms with E-state index in [2.05, 4.69) is 10.0 Å². The Morgan fingerprint density at radius 1 is 1.03 bits per heavy atom. The van der Waals surface area contributed by atoms with Gasteiger partial charge >= 0.3 is 0 Å². The highest BCUT2D eigenvalue weighted by molar-refractivity contribution is 7.93. The van der Waals surface area contributed by atoms with E-state index >= 15 is 0 Å². The fourth-order valence-corrected chi connectivity index (χ4v) is 5.12. The van der Waals surface area contributed by atoms with E-state index in [0.717, 1.165) is 0 Å². The lowest BCUT2D eigenvalue weighted by Gasteiger charge is -2.30. The van der Waals surface area contributed by atoms with Crippen molar-refractivity contribution in [1.29, 1.82) is 5.26 Å². The maximum atomic E-state index is 13.4. The second-order valence-corrected chi connectivity index (χ2v) is 9.57. The standard InChI is InChI=1S/C24H21ClN4O4S/c25-20-6-1-2-7-21(20)28-34(31,32)23-15-19(8-9-22(23)29-10-12-33-13-11-29)27-24(30)18-5-3-4-17(14-18)16-26/h1-9,14-15,28H,10-13H2,(H,27,30). The molecule has 3 aromatic rings. The van der Waals surface area contributed by atoms with Crippen molar-refractivity contribution < 1.29 is 17.9 Å². The van der Waals surface area contributed by atoms with Crippen molar-refractivity contribution in [2.45, 2.75) is 4.90 Å². The van der Waals surface area contributed by atoms with Crippen LogP contribution in [-0.2, 0) is 14.8 Å². The molecule has 8 nitrogen and oxygen atoms in total. The highest BCUT2D eigenvalue weighted by atomic mass is 35.5. The molecule has 34 heavy (non-hydrogen) atoms. The fraction of sp³-hybridized carbons (Fsp3) is 0.167. The number of nitrogens with one attached hydrogen (secondary N) is 2. The molecule has 1 saturated heterocycles. The summed E-state index contributed by atoms with van der Waals surface area (Å²) in [6.45, 7) is 2.01. The fourth-order valence-electron chi connectivity index (χ4n) is 3.55. The number of anilines is 3. The lowest BCUT2D eigenvalue weighted by Crippen LogP contribution is -2.37. The van der Waals surface area contributed by atoms with E-state index in [1.54, 1.807) is 54.6 Å². The molecular formula is C24H21ClN4O4S. The molecule has 3 aromatic carbocycles. The first-order chi connectivity index (χ1) is 16.4. The number of nitriles is 1. The number of amides is 1. The van der Waals surface area contributed by atoms with E-state index in [1.165, 1.54) is 12.1 Å². The Bertz CT molecular complexity index is 1370. The molecule has 1 aliphatic rings. The quantitative estimate of drug-likeness (QED) is 0.531. The number of morpholine rings is 1. The van der Waals surface area contributed by atoms with Crippen molar-refractivity contribution in [2.75, 3.05) is 41.2 Å². The monoisotopic (exact) mass is 496 g/mol. The van der Waals surface area contributed by atoms with Gasteiger partial charge in [-0.1, -0.05) is 29.8 Å². The molecule has 0 atom stereocenters. The van der Waals surface area contributed by atoms with E-state index in [4.69, 9.17) is 21.6 Å². The van der Waals surface area contributed by atoms with Gasteiger partial charge in [-0.15, -0.1) is 0 Å². The average Bonchev–Trinajstić information content (AvgIpc) is 2.86. The number of nitrogens with zero attached hydrogens (tertiary/aromatic N) is 2. The van der Waals surface area contributed by atoms with Gasteiger partial charge in [0.2, 0.25) is 0 Å². The SMILES string of the molecule is N#Cc1cccc(C(=O)Nc2ccc(N3CCOCC3)c(S(=O)(=O)Nc3ccccc3Cl)c2)c1. The van der Waals surface area contributed by atoms with Crippen LogP contribution in [0.1, 0.15) is 15.9 Å². The van der Waals surface area contributed by atoms with Crippen molar-refractivity contribution in [2.24, 2.45) is 0 Å². The van der Waals surface area contributed by atoms with Crippen LogP contribution >= 0.6 is 11.6 Å². The molecule has 174 valence electrons.